The number of ether oxygens (including phenoxy) is 2. The molecule has 1 N–H and O–H groups in total. The topological polar surface area (TPSA) is 84.9 Å². The van der Waals surface area contributed by atoms with Gasteiger partial charge in [-0.2, -0.15) is 0 Å². The lowest BCUT2D eigenvalue weighted by Gasteiger charge is -2.26. The normalized spacial score (nSPS) is 14.3. The molecule has 0 aromatic heterocycles. The van der Waals surface area contributed by atoms with E-state index in [0.29, 0.717) is 34.9 Å². The van der Waals surface area contributed by atoms with E-state index in [4.69, 9.17) is 9.47 Å². The maximum absolute atomic E-state index is 13.3. The summed E-state index contributed by atoms with van der Waals surface area (Å²) < 4.78 is 24.8. The third-order valence-corrected chi connectivity index (χ3v) is 5.93. The van der Waals surface area contributed by atoms with Gasteiger partial charge in [0.05, 0.1) is 5.69 Å². The fraction of sp³-hybridized carbons (Fsp3) is 0.0645. The van der Waals surface area contributed by atoms with Crippen LogP contribution < -0.4 is 19.7 Å². The Bertz CT molecular complexity index is 1530. The maximum Gasteiger partial charge on any atom is 0.335 e. The van der Waals surface area contributed by atoms with Gasteiger partial charge < -0.3 is 9.47 Å². The molecular formula is C31H23FN2O5. The molecule has 1 aliphatic heterocycles. The fourth-order valence-corrected chi connectivity index (χ4v) is 3.94. The van der Waals surface area contributed by atoms with Crippen LogP contribution in [0.4, 0.5) is 14.9 Å². The van der Waals surface area contributed by atoms with Crippen molar-refractivity contribution >= 4 is 29.6 Å². The molecule has 4 amide bonds. The molecule has 0 aliphatic carbocycles. The average Bonchev–Trinajstić information content (AvgIpc) is 2.95. The van der Waals surface area contributed by atoms with Gasteiger partial charge in [-0.3, -0.25) is 14.9 Å². The summed E-state index contributed by atoms with van der Waals surface area (Å²) in [6.07, 6.45) is 1.41. The van der Waals surface area contributed by atoms with Crippen molar-refractivity contribution in [3.8, 4) is 11.5 Å². The zero-order chi connectivity index (χ0) is 27.2. The Kier molecular flexibility index (Phi) is 7.45. The second kappa shape index (κ2) is 11.4. The first-order chi connectivity index (χ1) is 19.0. The van der Waals surface area contributed by atoms with E-state index < -0.39 is 17.8 Å². The van der Waals surface area contributed by atoms with Crippen LogP contribution in [0.25, 0.3) is 6.08 Å². The van der Waals surface area contributed by atoms with E-state index in [-0.39, 0.29) is 18.0 Å². The number of urea groups is 1. The lowest BCUT2D eigenvalue weighted by Crippen LogP contribution is -2.54. The zero-order valence-electron chi connectivity index (χ0n) is 20.7. The summed E-state index contributed by atoms with van der Waals surface area (Å²) in [7, 11) is 0. The molecule has 0 radical (unpaired) electrons. The number of anilines is 1. The molecule has 1 aliphatic rings. The van der Waals surface area contributed by atoms with Crippen LogP contribution in [-0.2, 0) is 22.8 Å². The smallest absolute Gasteiger partial charge is 0.335 e. The number of barbiturate groups is 1. The van der Waals surface area contributed by atoms with Gasteiger partial charge in [0.1, 0.15) is 36.1 Å². The van der Waals surface area contributed by atoms with E-state index in [2.05, 4.69) is 5.32 Å². The van der Waals surface area contributed by atoms with Crippen molar-refractivity contribution in [2.24, 2.45) is 0 Å². The second-order valence-electron chi connectivity index (χ2n) is 8.71. The number of hydrogen-bond acceptors (Lipinski definition) is 5. The number of carbonyl (C=O) groups excluding carboxylic acids is 3. The molecule has 0 atom stereocenters. The van der Waals surface area contributed by atoms with Crippen molar-refractivity contribution < 1.29 is 28.2 Å². The van der Waals surface area contributed by atoms with E-state index in [0.717, 1.165) is 10.5 Å². The minimum atomic E-state index is -0.832. The van der Waals surface area contributed by atoms with E-state index in [9.17, 15) is 18.8 Å². The molecule has 0 saturated carbocycles. The Hall–Kier alpha value is -5.24. The maximum atomic E-state index is 13.3. The van der Waals surface area contributed by atoms with Crippen molar-refractivity contribution in [3.05, 3.63) is 131 Å². The van der Waals surface area contributed by atoms with E-state index in [1.807, 2.05) is 30.3 Å². The molecule has 5 rings (SSSR count). The summed E-state index contributed by atoms with van der Waals surface area (Å²) >= 11 is 0. The van der Waals surface area contributed by atoms with Crippen molar-refractivity contribution in [1.82, 2.24) is 5.32 Å². The van der Waals surface area contributed by atoms with Crippen LogP contribution in [0.1, 0.15) is 16.7 Å². The lowest BCUT2D eigenvalue weighted by molar-refractivity contribution is -0.122. The minimum absolute atomic E-state index is 0.187. The highest BCUT2D eigenvalue weighted by Crippen LogP contribution is 2.25. The van der Waals surface area contributed by atoms with E-state index in [1.54, 1.807) is 60.7 Å². The number of amides is 4. The number of benzene rings is 4. The van der Waals surface area contributed by atoms with Gasteiger partial charge in [-0.15, -0.1) is 0 Å². The van der Waals surface area contributed by atoms with Crippen LogP contribution in [0.5, 0.6) is 11.5 Å². The van der Waals surface area contributed by atoms with Crippen LogP contribution in [0.2, 0.25) is 0 Å². The summed E-state index contributed by atoms with van der Waals surface area (Å²) in [6.45, 7) is 0.561. The molecule has 1 heterocycles. The Balaban J connectivity index is 1.26. The molecule has 7 nitrogen and oxygen atoms in total. The number of rotatable bonds is 8. The molecule has 0 bridgehead atoms. The van der Waals surface area contributed by atoms with E-state index >= 15 is 0 Å². The minimum Gasteiger partial charge on any atom is -0.489 e. The monoisotopic (exact) mass is 522 g/mol. The van der Waals surface area contributed by atoms with Gasteiger partial charge in [0, 0.05) is 0 Å². The summed E-state index contributed by atoms with van der Waals surface area (Å²) in [4.78, 5) is 39.1. The summed E-state index contributed by atoms with van der Waals surface area (Å²) in [5.41, 5.74) is 2.36. The molecule has 194 valence electrons. The fourth-order valence-electron chi connectivity index (χ4n) is 3.94. The summed E-state index contributed by atoms with van der Waals surface area (Å²) in [5.74, 6) is -0.761. The predicted octanol–water partition coefficient (Wildman–Crippen LogP) is 5.65. The summed E-state index contributed by atoms with van der Waals surface area (Å²) in [6, 6.07) is 28.1. The van der Waals surface area contributed by atoms with E-state index in [1.165, 1.54) is 18.2 Å². The standard InChI is InChI=1S/C31H23FN2O5/c32-24-8-4-7-23(17-24)20-39-26-13-9-21(10-14-26)18-28-29(35)33-31(37)34(30(28)36)25-11-15-27(16-12-25)38-19-22-5-2-1-3-6-22/h1-18H,19-20H2,(H,33,35,37)/b28-18+. The van der Waals surface area contributed by atoms with Gasteiger partial charge in [-0.05, 0) is 71.3 Å². The SMILES string of the molecule is O=C1NC(=O)N(c2ccc(OCc3ccccc3)cc2)C(=O)/C1=C/c1ccc(OCc2cccc(F)c2)cc1. The zero-order valence-corrected chi connectivity index (χ0v) is 20.7. The first-order valence-corrected chi connectivity index (χ1v) is 12.1. The quantitative estimate of drug-likeness (QED) is 0.239. The third kappa shape index (κ3) is 6.19. The van der Waals surface area contributed by atoms with Gasteiger partial charge in [-0.25, -0.2) is 14.1 Å². The van der Waals surface area contributed by atoms with Crippen LogP contribution >= 0.6 is 0 Å². The van der Waals surface area contributed by atoms with Crippen LogP contribution in [0, 0.1) is 5.82 Å². The number of nitrogens with zero attached hydrogens (tertiary/aromatic N) is 1. The van der Waals surface area contributed by atoms with Gasteiger partial charge in [0.15, 0.2) is 0 Å². The molecule has 4 aromatic carbocycles. The summed E-state index contributed by atoms with van der Waals surface area (Å²) in [5, 5.41) is 2.22. The third-order valence-electron chi connectivity index (χ3n) is 5.93. The number of halogens is 1. The van der Waals surface area contributed by atoms with Gasteiger partial charge >= 0.3 is 6.03 Å². The Morgan fingerprint density at radius 1 is 0.718 bits per heavy atom. The molecule has 39 heavy (non-hydrogen) atoms. The highest BCUT2D eigenvalue weighted by molar-refractivity contribution is 6.39. The van der Waals surface area contributed by atoms with Crippen LogP contribution in [-0.4, -0.2) is 17.8 Å². The largest absolute Gasteiger partial charge is 0.489 e. The molecule has 0 unspecified atom stereocenters. The molecule has 1 saturated heterocycles. The second-order valence-corrected chi connectivity index (χ2v) is 8.71. The van der Waals surface area contributed by atoms with Crippen molar-refractivity contribution in [2.75, 3.05) is 4.90 Å². The Morgan fingerprint density at radius 2 is 1.33 bits per heavy atom. The first kappa shape index (κ1) is 25.4. The number of imide groups is 2. The molecular weight excluding hydrogens is 499 g/mol. The van der Waals surface area contributed by atoms with Gasteiger partial charge in [0.2, 0.25) is 0 Å². The van der Waals surface area contributed by atoms with Crippen LogP contribution in [0.15, 0.2) is 109 Å². The highest BCUT2D eigenvalue weighted by Gasteiger charge is 2.36. The van der Waals surface area contributed by atoms with Crippen LogP contribution in [0.3, 0.4) is 0 Å². The molecule has 0 spiro atoms. The molecule has 1 fully saturated rings. The first-order valence-electron chi connectivity index (χ1n) is 12.1. The molecule has 8 heteroatoms. The van der Waals surface area contributed by atoms with Gasteiger partial charge in [0.25, 0.3) is 11.8 Å². The molecule has 4 aromatic rings. The number of carbonyl (C=O) groups is 3. The Morgan fingerprint density at radius 3 is 2.00 bits per heavy atom. The van der Waals surface area contributed by atoms with Crippen molar-refractivity contribution in [2.45, 2.75) is 13.2 Å². The predicted molar refractivity (Wildman–Crippen MR) is 143 cm³/mol. The van der Waals surface area contributed by atoms with Gasteiger partial charge in [-0.1, -0.05) is 54.6 Å². The average molecular weight is 523 g/mol. The van der Waals surface area contributed by atoms with Crippen molar-refractivity contribution in [3.63, 3.8) is 0 Å². The number of nitrogens with one attached hydrogen (secondary N) is 1. The van der Waals surface area contributed by atoms with Crippen molar-refractivity contribution in [1.29, 1.82) is 0 Å². The highest BCUT2D eigenvalue weighted by atomic mass is 19.1. The number of hydrogen-bond donors (Lipinski definition) is 1. The lowest BCUT2D eigenvalue weighted by atomic mass is 10.1. The Labute approximate surface area is 224 Å².